The maximum absolute atomic E-state index is 5.99. The number of nitrogens with one attached hydrogen (secondary N) is 1. The molecule has 3 nitrogen and oxygen atoms in total. The molecule has 0 heterocycles. The minimum atomic E-state index is -0.205. The third-order valence-electron chi connectivity index (χ3n) is 2.76. The van der Waals surface area contributed by atoms with Crippen LogP contribution in [0.1, 0.15) is 11.6 Å². The quantitative estimate of drug-likeness (QED) is 0.636. The highest BCUT2D eigenvalue weighted by molar-refractivity contribution is 6.42. The van der Waals surface area contributed by atoms with Crippen LogP contribution in [-0.2, 0) is 0 Å². The number of hydrogen-bond donors (Lipinski definition) is 2. The standard InChI is InChI=1S/C14H13Cl3N2O/c15-10-2-1-3-11(7-10)20-8-14(19-18)9-4-5-12(16)13(17)6-9/h1-7,14,19H,8,18H2. The minimum absolute atomic E-state index is 0.205. The molecule has 20 heavy (non-hydrogen) atoms. The van der Waals surface area contributed by atoms with Gasteiger partial charge in [-0.1, -0.05) is 46.9 Å². The molecule has 1 atom stereocenters. The summed E-state index contributed by atoms with van der Waals surface area (Å²) in [4.78, 5) is 0. The van der Waals surface area contributed by atoms with Crippen LogP contribution in [0.5, 0.6) is 5.75 Å². The first-order valence-electron chi connectivity index (χ1n) is 5.89. The summed E-state index contributed by atoms with van der Waals surface area (Å²) in [5.74, 6) is 6.23. The molecular formula is C14H13Cl3N2O. The Morgan fingerprint density at radius 1 is 1.05 bits per heavy atom. The van der Waals surface area contributed by atoms with Crippen molar-refractivity contribution in [2.75, 3.05) is 6.61 Å². The molecule has 1 unspecified atom stereocenters. The van der Waals surface area contributed by atoms with Gasteiger partial charge in [-0.05, 0) is 35.9 Å². The fraction of sp³-hybridized carbons (Fsp3) is 0.143. The van der Waals surface area contributed by atoms with Crippen LogP contribution in [0.25, 0.3) is 0 Å². The Bertz CT molecular complexity index is 592. The smallest absolute Gasteiger partial charge is 0.120 e. The summed E-state index contributed by atoms with van der Waals surface area (Å²) in [5, 5.41) is 1.60. The Kier molecular flexibility index (Phi) is 5.52. The Morgan fingerprint density at radius 3 is 2.50 bits per heavy atom. The van der Waals surface area contributed by atoms with Gasteiger partial charge in [-0.15, -0.1) is 0 Å². The van der Waals surface area contributed by atoms with Crippen molar-refractivity contribution in [3.05, 3.63) is 63.1 Å². The predicted octanol–water partition coefficient (Wildman–Crippen LogP) is 4.23. The van der Waals surface area contributed by atoms with Gasteiger partial charge in [-0.2, -0.15) is 0 Å². The first-order chi connectivity index (χ1) is 9.60. The van der Waals surface area contributed by atoms with Crippen molar-refractivity contribution in [3.8, 4) is 5.75 Å². The van der Waals surface area contributed by atoms with Gasteiger partial charge in [0.2, 0.25) is 0 Å². The number of ether oxygens (including phenoxy) is 1. The van der Waals surface area contributed by atoms with Crippen LogP contribution >= 0.6 is 34.8 Å². The number of nitrogens with two attached hydrogens (primary N) is 1. The van der Waals surface area contributed by atoms with Gasteiger partial charge in [-0.3, -0.25) is 5.84 Å². The van der Waals surface area contributed by atoms with Crippen LogP contribution in [0.2, 0.25) is 15.1 Å². The monoisotopic (exact) mass is 330 g/mol. The van der Waals surface area contributed by atoms with Crippen molar-refractivity contribution >= 4 is 34.8 Å². The molecule has 0 fully saturated rings. The van der Waals surface area contributed by atoms with Crippen LogP contribution in [0, 0.1) is 0 Å². The van der Waals surface area contributed by atoms with Gasteiger partial charge in [0, 0.05) is 5.02 Å². The average Bonchev–Trinajstić information content (AvgIpc) is 2.43. The number of hydrogen-bond acceptors (Lipinski definition) is 3. The van der Waals surface area contributed by atoms with E-state index in [-0.39, 0.29) is 6.04 Å². The molecule has 2 rings (SSSR count). The van der Waals surface area contributed by atoms with Crippen molar-refractivity contribution in [2.24, 2.45) is 5.84 Å². The SMILES string of the molecule is NNC(COc1cccc(Cl)c1)c1ccc(Cl)c(Cl)c1. The van der Waals surface area contributed by atoms with E-state index in [9.17, 15) is 0 Å². The second kappa shape index (κ2) is 7.16. The second-order valence-corrected chi connectivity index (χ2v) is 5.41. The summed E-state index contributed by atoms with van der Waals surface area (Å²) in [6, 6.07) is 12.3. The van der Waals surface area contributed by atoms with E-state index >= 15 is 0 Å². The normalized spacial score (nSPS) is 12.2. The van der Waals surface area contributed by atoms with Crippen LogP contribution in [0.3, 0.4) is 0 Å². The fourth-order valence-electron chi connectivity index (χ4n) is 1.71. The summed E-state index contributed by atoms with van der Waals surface area (Å²) >= 11 is 17.8. The van der Waals surface area contributed by atoms with Crippen LogP contribution in [0.15, 0.2) is 42.5 Å². The van der Waals surface area contributed by atoms with Crippen LogP contribution in [-0.4, -0.2) is 6.61 Å². The molecule has 0 bridgehead atoms. The lowest BCUT2D eigenvalue weighted by Gasteiger charge is -2.17. The Balaban J connectivity index is 2.07. The van der Waals surface area contributed by atoms with Crippen molar-refractivity contribution in [1.29, 1.82) is 0 Å². The van der Waals surface area contributed by atoms with Crippen molar-refractivity contribution in [3.63, 3.8) is 0 Å². The number of halogens is 3. The summed E-state index contributed by atoms with van der Waals surface area (Å²) in [5.41, 5.74) is 3.58. The maximum Gasteiger partial charge on any atom is 0.120 e. The van der Waals surface area contributed by atoms with Gasteiger partial charge >= 0.3 is 0 Å². The molecule has 0 amide bonds. The van der Waals surface area contributed by atoms with Crippen molar-refractivity contribution in [1.82, 2.24) is 5.43 Å². The first kappa shape index (κ1) is 15.4. The van der Waals surface area contributed by atoms with Gasteiger partial charge in [0.25, 0.3) is 0 Å². The van der Waals surface area contributed by atoms with Crippen molar-refractivity contribution in [2.45, 2.75) is 6.04 Å². The first-order valence-corrected chi connectivity index (χ1v) is 7.03. The van der Waals surface area contributed by atoms with E-state index in [2.05, 4.69) is 5.43 Å². The molecule has 2 aromatic rings. The van der Waals surface area contributed by atoms with E-state index in [4.69, 9.17) is 45.4 Å². The third-order valence-corrected chi connectivity index (χ3v) is 3.73. The molecule has 0 aliphatic rings. The van der Waals surface area contributed by atoms with Crippen LogP contribution in [0.4, 0.5) is 0 Å². The van der Waals surface area contributed by atoms with Gasteiger partial charge < -0.3 is 4.74 Å². The lowest BCUT2D eigenvalue weighted by molar-refractivity contribution is 0.267. The predicted molar refractivity (Wildman–Crippen MR) is 83.5 cm³/mol. The van der Waals surface area contributed by atoms with Gasteiger partial charge in [-0.25, -0.2) is 5.43 Å². The Morgan fingerprint density at radius 2 is 1.85 bits per heavy atom. The van der Waals surface area contributed by atoms with E-state index < -0.39 is 0 Å². The molecule has 0 aliphatic carbocycles. The minimum Gasteiger partial charge on any atom is -0.492 e. The lowest BCUT2D eigenvalue weighted by atomic mass is 10.1. The van der Waals surface area contributed by atoms with Gasteiger partial charge in [0.15, 0.2) is 0 Å². The highest BCUT2D eigenvalue weighted by Gasteiger charge is 2.12. The molecule has 0 saturated carbocycles. The second-order valence-electron chi connectivity index (χ2n) is 4.16. The molecular weight excluding hydrogens is 319 g/mol. The number of rotatable bonds is 5. The Labute approximate surface area is 132 Å². The highest BCUT2D eigenvalue weighted by atomic mass is 35.5. The summed E-state index contributed by atoms with van der Waals surface area (Å²) in [6.45, 7) is 0.342. The molecule has 2 aromatic carbocycles. The van der Waals surface area contributed by atoms with E-state index in [0.29, 0.717) is 27.4 Å². The maximum atomic E-state index is 5.99. The topological polar surface area (TPSA) is 47.3 Å². The zero-order valence-electron chi connectivity index (χ0n) is 10.4. The zero-order valence-corrected chi connectivity index (χ0v) is 12.7. The summed E-state index contributed by atoms with van der Waals surface area (Å²) in [6.07, 6.45) is 0. The number of hydrazine groups is 1. The van der Waals surface area contributed by atoms with Gasteiger partial charge in [0.1, 0.15) is 12.4 Å². The number of benzene rings is 2. The molecule has 0 saturated heterocycles. The zero-order chi connectivity index (χ0) is 14.5. The lowest BCUT2D eigenvalue weighted by Crippen LogP contribution is -2.32. The van der Waals surface area contributed by atoms with Gasteiger partial charge in [0.05, 0.1) is 16.1 Å². The largest absolute Gasteiger partial charge is 0.492 e. The van der Waals surface area contributed by atoms with E-state index in [1.54, 1.807) is 24.3 Å². The molecule has 0 radical (unpaired) electrons. The molecule has 3 N–H and O–H groups in total. The summed E-state index contributed by atoms with van der Waals surface area (Å²) in [7, 11) is 0. The Hall–Kier alpha value is -0.970. The molecule has 0 aliphatic heterocycles. The highest BCUT2D eigenvalue weighted by Crippen LogP contribution is 2.26. The summed E-state index contributed by atoms with van der Waals surface area (Å²) < 4.78 is 5.66. The molecule has 6 heteroatoms. The average molecular weight is 332 g/mol. The molecule has 106 valence electrons. The van der Waals surface area contributed by atoms with E-state index in [1.165, 1.54) is 0 Å². The third kappa shape index (κ3) is 4.01. The van der Waals surface area contributed by atoms with E-state index in [1.807, 2.05) is 18.2 Å². The van der Waals surface area contributed by atoms with E-state index in [0.717, 1.165) is 5.56 Å². The fourth-order valence-corrected chi connectivity index (χ4v) is 2.19. The molecule has 0 aromatic heterocycles. The van der Waals surface area contributed by atoms with Crippen LogP contribution < -0.4 is 16.0 Å². The molecule has 0 spiro atoms. The van der Waals surface area contributed by atoms with Crippen molar-refractivity contribution < 1.29 is 4.74 Å².